The van der Waals surface area contributed by atoms with Gasteiger partial charge in [-0.15, -0.1) is 0 Å². The normalized spacial score (nSPS) is 12.9. The van der Waals surface area contributed by atoms with Crippen molar-refractivity contribution < 1.29 is 14.3 Å². The number of urea groups is 1. The molecule has 0 radical (unpaired) electrons. The van der Waals surface area contributed by atoms with E-state index in [2.05, 4.69) is 5.32 Å². The molecule has 2 amide bonds. The number of carbonyl (C=O) groups is 1. The first-order chi connectivity index (χ1) is 9.11. The second-order valence-corrected chi connectivity index (χ2v) is 5.88. The molecule has 112 valence electrons. The zero-order valence-corrected chi connectivity index (χ0v) is 12.8. The van der Waals surface area contributed by atoms with Crippen LogP contribution in [0.5, 0.6) is 0 Å². The van der Waals surface area contributed by atoms with E-state index in [1.165, 1.54) is 17.0 Å². The Hall–Kier alpha value is -1.33. The number of nitrogens with zero attached hydrogens (tertiary/aromatic N) is 1. The van der Waals surface area contributed by atoms with Gasteiger partial charge in [0.15, 0.2) is 0 Å². The maximum Gasteiger partial charge on any atom is 0.317 e. The van der Waals surface area contributed by atoms with Crippen LogP contribution in [0.25, 0.3) is 0 Å². The number of likely N-dealkylation sites (N-methyl/N-ethyl adjacent to an activating group) is 1. The van der Waals surface area contributed by atoms with Gasteiger partial charge in [-0.1, -0.05) is 17.7 Å². The van der Waals surface area contributed by atoms with Crippen molar-refractivity contribution in [2.45, 2.75) is 32.4 Å². The van der Waals surface area contributed by atoms with E-state index in [0.717, 1.165) is 0 Å². The molecule has 1 aromatic carbocycles. The summed E-state index contributed by atoms with van der Waals surface area (Å²) >= 11 is 5.95. The highest BCUT2D eigenvalue weighted by Crippen LogP contribution is 2.25. The molecule has 2 N–H and O–H groups in total. The van der Waals surface area contributed by atoms with Crippen LogP contribution < -0.4 is 5.32 Å². The van der Waals surface area contributed by atoms with Crippen molar-refractivity contribution in [3.63, 3.8) is 0 Å². The third kappa shape index (κ3) is 4.65. The molecule has 0 aromatic heterocycles. The Morgan fingerprint density at radius 3 is 2.65 bits per heavy atom. The molecule has 6 heteroatoms. The number of carbonyl (C=O) groups excluding carboxylic acids is 1. The van der Waals surface area contributed by atoms with Gasteiger partial charge < -0.3 is 15.3 Å². The van der Waals surface area contributed by atoms with Gasteiger partial charge in [0.1, 0.15) is 5.82 Å². The number of rotatable bonds is 4. The summed E-state index contributed by atoms with van der Waals surface area (Å²) in [6.45, 7) is 5.03. The van der Waals surface area contributed by atoms with Crippen molar-refractivity contribution in [2.24, 2.45) is 0 Å². The van der Waals surface area contributed by atoms with E-state index in [9.17, 15) is 14.3 Å². The summed E-state index contributed by atoms with van der Waals surface area (Å²) in [5.74, 6) is -0.463. The largest absolute Gasteiger partial charge is 0.389 e. The first-order valence-corrected chi connectivity index (χ1v) is 6.67. The standard InChI is InChI=1S/C14H20ClFN2O2/c1-9(12-10(15)6-5-7-11(12)16)17-13(19)18(4)8-14(2,3)20/h5-7,9,20H,8H2,1-4H3,(H,17,19). The summed E-state index contributed by atoms with van der Waals surface area (Å²) < 4.78 is 13.7. The summed E-state index contributed by atoms with van der Waals surface area (Å²) in [7, 11) is 1.56. The van der Waals surface area contributed by atoms with E-state index in [-0.39, 0.29) is 17.1 Å². The molecule has 1 unspecified atom stereocenters. The number of hydrogen-bond donors (Lipinski definition) is 2. The molecule has 0 bridgehead atoms. The summed E-state index contributed by atoms with van der Waals surface area (Å²) in [5.41, 5.74) is -0.746. The molecule has 0 saturated carbocycles. The number of hydrogen-bond acceptors (Lipinski definition) is 2. The molecule has 0 aliphatic rings. The molecule has 0 aliphatic heterocycles. The van der Waals surface area contributed by atoms with Crippen LogP contribution in [0.1, 0.15) is 32.4 Å². The third-order valence-corrected chi connectivity index (χ3v) is 3.07. The number of halogens is 2. The van der Waals surface area contributed by atoms with Crippen LogP contribution >= 0.6 is 11.6 Å². The Morgan fingerprint density at radius 1 is 1.55 bits per heavy atom. The van der Waals surface area contributed by atoms with Gasteiger partial charge in [-0.05, 0) is 32.9 Å². The Balaban J connectivity index is 2.76. The van der Waals surface area contributed by atoms with Crippen LogP contribution in [0.15, 0.2) is 18.2 Å². The van der Waals surface area contributed by atoms with E-state index in [1.54, 1.807) is 33.9 Å². The minimum atomic E-state index is -0.995. The average molecular weight is 303 g/mol. The number of benzene rings is 1. The summed E-state index contributed by atoms with van der Waals surface area (Å²) in [4.78, 5) is 13.3. The lowest BCUT2D eigenvalue weighted by Crippen LogP contribution is -2.45. The van der Waals surface area contributed by atoms with E-state index < -0.39 is 23.5 Å². The molecule has 0 saturated heterocycles. The molecular weight excluding hydrogens is 283 g/mol. The van der Waals surface area contributed by atoms with Crippen molar-refractivity contribution in [2.75, 3.05) is 13.6 Å². The van der Waals surface area contributed by atoms with Gasteiger partial charge in [-0.3, -0.25) is 0 Å². The van der Waals surface area contributed by atoms with E-state index in [4.69, 9.17) is 11.6 Å². The zero-order chi connectivity index (χ0) is 15.5. The van der Waals surface area contributed by atoms with Gasteiger partial charge in [0.25, 0.3) is 0 Å². The second kappa shape index (κ2) is 6.41. The maximum atomic E-state index is 13.7. The fourth-order valence-corrected chi connectivity index (χ4v) is 2.27. The van der Waals surface area contributed by atoms with Crippen molar-refractivity contribution >= 4 is 17.6 Å². The van der Waals surface area contributed by atoms with Crippen LogP contribution in [0, 0.1) is 5.82 Å². The molecule has 1 atom stereocenters. The van der Waals surface area contributed by atoms with Crippen molar-refractivity contribution in [1.82, 2.24) is 10.2 Å². The Bertz CT molecular complexity index is 468. The lowest BCUT2D eigenvalue weighted by Gasteiger charge is -2.27. The van der Waals surface area contributed by atoms with Gasteiger partial charge in [-0.25, -0.2) is 9.18 Å². The fraction of sp³-hybridized carbons (Fsp3) is 0.500. The highest BCUT2D eigenvalue weighted by atomic mass is 35.5. The highest BCUT2D eigenvalue weighted by Gasteiger charge is 2.22. The molecule has 0 heterocycles. The fourth-order valence-electron chi connectivity index (χ4n) is 1.94. The predicted molar refractivity (Wildman–Crippen MR) is 77.3 cm³/mol. The van der Waals surface area contributed by atoms with Crippen LogP contribution in [-0.4, -0.2) is 35.2 Å². The topological polar surface area (TPSA) is 52.6 Å². The van der Waals surface area contributed by atoms with Gasteiger partial charge in [0.2, 0.25) is 0 Å². The lowest BCUT2D eigenvalue weighted by molar-refractivity contribution is 0.0528. The first-order valence-electron chi connectivity index (χ1n) is 6.30. The molecule has 20 heavy (non-hydrogen) atoms. The minimum Gasteiger partial charge on any atom is -0.389 e. The SMILES string of the molecule is CC(NC(=O)N(C)CC(C)(C)O)c1c(F)cccc1Cl. The van der Waals surface area contributed by atoms with E-state index in [0.29, 0.717) is 0 Å². The molecular formula is C14H20ClFN2O2. The molecule has 0 spiro atoms. The van der Waals surface area contributed by atoms with Crippen LogP contribution in [0.3, 0.4) is 0 Å². The monoisotopic (exact) mass is 302 g/mol. The first kappa shape index (κ1) is 16.7. The van der Waals surface area contributed by atoms with Crippen molar-refractivity contribution in [3.05, 3.63) is 34.6 Å². The predicted octanol–water partition coefficient (Wildman–Crippen LogP) is 2.95. The second-order valence-electron chi connectivity index (χ2n) is 5.48. The van der Waals surface area contributed by atoms with Crippen LogP contribution in [-0.2, 0) is 0 Å². The minimum absolute atomic E-state index is 0.163. The summed E-state index contributed by atoms with van der Waals surface area (Å²) in [6, 6.07) is 3.41. The average Bonchev–Trinajstić information content (AvgIpc) is 2.26. The summed E-state index contributed by atoms with van der Waals surface area (Å²) in [6.07, 6.45) is 0. The van der Waals surface area contributed by atoms with Crippen LogP contribution in [0.2, 0.25) is 5.02 Å². The molecule has 0 aliphatic carbocycles. The third-order valence-electron chi connectivity index (χ3n) is 2.74. The highest BCUT2D eigenvalue weighted by molar-refractivity contribution is 6.31. The molecule has 1 aromatic rings. The smallest absolute Gasteiger partial charge is 0.317 e. The maximum absolute atomic E-state index is 13.7. The lowest BCUT2D eigenvalue weighted by atomic mass is 10.1. The number of amides is 2. The van der Waals surface area contributed by atoms with Gasteiger partial charge >= 0.3 is 6.03 Å². The zero-order valence-electron chi connectivity index (χ0n) is 12.1. The quantitative estimate of drug-likeness (QED) is 0.898. The van der Waals surface area contributed by atoms with Crippen LogP contribution in [0.4, 0.5) is 9.18 Å². The van der Waals surface area contributed by atoms with E-state index in [1.807, 2.05) is 0 Å². The number of nitrogens with one attached hydrogen (secondary N) is 1. The Morgan fingerprint density at radius 2 is 2.15 bits per heavy atom. The van der Waals surface area contributed by atoms with E-state index >= 15 is 0 Å². The van der Waals surface area contributed by atoms with Crippen molar-refractivity contribution in [3.8, 4) is 0 Å². The van der Waals surface area contributed by atoms with Gasteiger partial charge in [0.05, 0.1) is 18.2 Å². The Kier molecular flexibility index (Phi) is 5.36. The van der Waals surface area contributed by atoms with Gasteiger partial charge in [-0.2, -0.15) is 0 Å². The number of aliphatic hydroxyl groups is 1. The Labute approximate surface area is 123 Å². The van der Waals surface area contributed by atoms with Crippen molar-refractivity contribution in [1.29, 1.82) is 0 Å². The molecule has 0 fully saturated rings. The summed E-state index contributed by atoms with van der Waals surface area (Å²) in [5, 5.41) is 12.6. The van der Waals surface area contributed by atoms with Gasteiger partial charge in [0, 0.05) is 17.6 Å². The molecule has 4 nitrogen and oxygen atoms in total. The molecule has 1 rings (SSSR count).